The number of anilines is 1. The first kappa shape index (κ1) is 14.1. The summed E-state index contributed by atoms with van der Waals surface area (Å²) in [5.41, 5.74) is 5.60. The van der Waals surface area contributed by atoms with Gasteiger partial charge in [0.1, 0.15) is 11.6 Å². The Hall–Kier alpha value is -2.30. The molecule has 1 amide bonds. The molecule has 1 aromatic carbocycles. The number of furan rings is 1. The Bertz CT molecular complexity index is 582. The van der Waals surface area contributed by atoms with Gasteiger partial charge in [0, 0.05) is 12.5 Å². The van der Waals surface area contributed by atoms with Crippen LogP contribution in [-0.2, 0) is 6.42 Å². The van der Waals surface area contributed by atoms with Crippen LogP contribution in [0.15, 0.2) is 41.0 Å². The highest BCUT2D eigenvalue weighted by Crippen LogP contribution is 2.16. The minimum absolute atomic E-state index is 0.0599. The quantitative estimate of drug-likeness (QED) is 0.825. The highest BCUT2D eigenvalue weighted by Gasteiger charge is 2.14. The van der Waals surface area contributed by atoms with E-state index in [2.05, 4.69) is 5.32 Å². The smallest absolute Gasteiger partial charge is 0.253 e. The summed E-state index contributed by atoms with van der Waals surface area (Å²) < 4.78 is 18.5. The molecule has 0 saturated heterocycles. The summed E-state index contributed by atoms with van der Waals surface area (Å²) in [6.45, 7) is 1.89. The van der Waals surface area contributed by atoms with Gasteiger partial charge in [0.15, 0.2) is 0 Å². The second-order valence-electron chi connectivity index (χ2n) is 4.69. The fraction of sp³-hybridized carbons (Fsp3) is 0.267. The summed E-state index contributed by atoms with van der Waals surface area (Å²) in [7, 11) is 0. The first-order valence-electron chi connectivity index (χ1n) is 6.45. The molecule has 0 fully saturated rings. The minimum atomic E-state index is -0.583. The molecular weight excluding hydrogens is 259 g/mol. The van der Waals surface area contributed by atoms with Crippen LogP contribution in [0.4, 0.5) is 10.1 Å². The second kappa shape index (κ2) is 6.23. The molecule has 0 aliphatic heterocycles. The molecule has 0 spiro atoms. The highest BCUT2D eigenvalue weighted by molar-refractivity contribution is 5.99. The van der Waals surface area contributed by atoms with Crippen LogP contribution < -0.4 is 11.1 Å². The van der Waals surface area contributed by atoms with Crippen LogP contribution in [0.3, 0.4) is 0 Å². The lowest BCUT2D eigenvalue weighted by atomic mass is 10.1. The first-order valence-corrected chi connectivity index (χ1v) is 6.45. The Kier molecular flexibility index (Phi) is 4.40. The van der Waals surface area contributed by atoms with Gasteiger partial charge in [0.25, 0.3) is 5.91 Å². The zero-order valence-electron chi connectivity index (χ0n) is 11.2. The summed E-state index contributed by atoms with van der Waals surface area (Å²) >= 11 is 0. The monoisotopic (exact) mass is 276 g/mol. The zero-order valence-corrected chi connectivity index (χ0v) is 11.2. The van der Waals surface area contributed by atoms with Gasteiger partial charge in [0.2, 0.25) is 0 Å². The number of hydrogen-bond acceptors (Lipinski definition) is 3. The van der Waals surface area contributed by atoms with E-state index in [1.165, 1.54) is 18.2 Å². The fourth-order valence-electron chi connectivity index (χ4n) is 1.92. The number of benzene rings is 1. The van der Waals surface area contributed by atoms with E-state index in [0.717, 1.165) is 18.6 Å². The van der Waals surface area contributed by atoms with Crippen molar-refractivity contribution in [3.8, 4) is 0 Å². The lowest BCUT2D eigenvalue weighted by Crippen LogP contribution is -2.33. The molecule has 2 rings (SSSR count). The minimum Gasteiger partial charge on any atom is -0.469 e. The van der Waals surface area contributed by atoms with Crippen molar-refractivity contribution in [1.29, 1.82) is 0 Å². The SMILES string of the molecule is CC(CCc1ccco1)NC(=O)c1cccc(F)c1N. The first-order chi connectivity index (χ1) is 9.58. The molecule has 0 bridgehead atoms. The van der Waals surface area contributed by atoms with Gasteiger partial charge < -0.3 is 15.5 Å². The van der Waals surface area contributed by atoms with Gasteiger partial charge in [-0.1, -0.05) is 6.07 Å². The molecule has 1 unspecified atom stereocenters. The van der Waals surface area contributed by atoms with Gasteiger partial charge in [-0.15, -0.1) is 0 Å². The van der Waals surface area contributed by atoms with E-state index in [1.807, 2.05) is 19.1 Å². The van der Waals surface area contributed by atoms with Crippen molar-refractivity contribution in [2.45, 2.75) is 25.8 Å². The molecule has 1 heterocycles. The summed E-state index contributed by atoms with van der Waals surface area (Å²) in [5, 5.41) is 2.80. The third-order valence-corrected chi connectivity index (χ3v) is 3.08. The predicted molar refractivity (Wildman–Crippen MR) is 74.8 cm³/mol. The van der Waals surface area contributed by atoms with E-state index in [0.29, 0.717) is 0 Å². The summed E-state index contributed by atoms with van der Waals surface area (Å²) in [5.74, 6) is -0.0776. The van der Waals surface area contributed by atoms with Crippen LogP contribution in [0.2, 0.25) is 0 Å². The standard InChI is InChI=1S/C15H17FN2O2/c1-10(7-8-11-4-3-9-20-11)18-15(19)12-5-2-6-13(16)14(12)17/h2-6,9-10H,7-8,17H2,1H3,(H,18,19). The highest BCUT2D eigenvalue weighted by atomic mass is 19.1. The van der Waals surface area contributed by atoms with Crippen molar-refractivity contribution in [2.24, 2.45) is 0 Å². The maximum Gasteiger partial charge on any atom is 0.253 e. The molecule has 2 aromatic rings. The maximum absolute atomic E-state index is 13.3. The molecule has 0 aliphatic carbocycles. The molecule has 4 nitrogen and oxygen atoms in total. The third-order valence-electron chi connectivity index (χ3n) is 3.08. The molecule has 0 aliphatic rings. The van der Waals surface area contributed by atoms with Gasteiger partial charge >= 0.3 is 0 Å². The van der Waals surface area contributed by atoms with E-state index in [4.69, 9.17) is 10.2 Å². The lowest BCUT2D eigenvalue weighted by Gasteiger charge is -2.14. The number of halogens is 1. The van der Waals surface area contributed by atoms with Crippen LogP contribution in [0.1, 0.15) is 29.5 Å². The lowest BCUT2D eigenvalue weighted by molar-refractivity contribution is 0.0938. The number of aryl methyl sites for hydroxylation is 1. The van der Waals surface area contributed by atoms with Crippen molar-refractivity contribution in [3.63, 3.8) is 0 Å². The number of para-hydroxylation sites is 1. The van der Waals surface area contributed by atoms with E-state index in [1.54, 1.807) is 6.26 Å². The molecule has 0 radical (unpaired) electrons. The summed E-state index contributed by atoms with van der Waals surface area (Å²) in [6.07, 6.45) is 3.08. The molecule has 1 aromatic heterocycles. The Morgan fingerprint density at radius 3 is 2.90 bits per heavy atom. The Labute approximate surface area is 116 Å². The number of hydrogen-bond donors (Lipinski definition) is 2. The van der Waals surface area contributed by atoms with Crippen molar-refractivity contribution in [2.75, 3.05) is 5.73 Å². The van der Waals surface area contributed by atoms with Crippen LogP contribution in [-0.4, -0.2) is 11.9 Å². The summed E-state index contributed by atoms with van der Waals surface area (Å²) in [4.78, 5) is 12.0. The molecule has 5 heteroatoms. The number of carbonyl (C=O) groups is 1. The Balaban J connectivity index is 1.92. The number of amides is 1. The molecule has 106 valence electrons. The predicted octanol–water partition coefficient (Wildman–Crippen LogP) is 2.75. The maximum atomic E-state index is 13.3. The van der Waals surface area contributed by atoms with Crippen molar-refractivity contribution < 1.29 is 13.6 Å². The summed E-state index contributed by atoms with van der Waals surface area (Å²) in [6, 6.07) is 7.86. The van der Waals surface area contributed by atoms with Crippen molar-refractivity contribution in [1.82, 2.24) is 5.32 Å². The van der Waals surface area contributed by atoms with Gasteiger partial charge in [-0.05, 0) is 37.6 Å². The third kappa shape index (κ3) is 3.38. The van der Waals surface area contributed by atoms with E-state index >= 15 is 0 Å². The fourth-order valence-corrected chi connectivity index (χ4v) is 1.92. The van der Waals surface area contributed by atoms with Crippen LogP contribution in [0.25, 0.3) is 0 Å². The molecule has 1 atom stereocenters. The van der Waals surface area contributed by atoms with E-state index in [-0.39, 0.29) is 23.2 Å². The largest absolute Gasteiger partial charge is 0.469 e. The normalized spacial score (nSPS) is 12.1. The average Bonchev–Trinajstić information content (AvgIpc) is 2.92. The van der Waals surface area contributed by atoms with Gasteiger partial charge in [-0.25, -0.2) is 4.39 Å². The van der Waals surface area contributed by atoms with E-state index < -0.39 is 5.82 Å². The van der Waals surface area contributed by atoms with Crippen molar-refractivity contribution >= 4 is 11.6 Å². The van der Waals surface area contributed by atoms with Crippen LogP contribution >= 0.6 is 0 Å². The molecular formula is C15H17FN2O2. The van der Waals surface area contributed by atoms with Crippen LogP contribution in [0.5, 0.6) is 0 Å². The second-order valence-corrected chi connectivity index (χ2v) is 4.69. The van der Waals surface area contributed by atoms with Crippen LogP contribution in [0, 0.1) is 5.82 Å². The average molecular weight is 276 g/mol. The van der Waals surface area contributed by atoms with Gasteiger partial charge in [-0.2, -0.15) is 0 Å². The topological polar surface area (TPSA) is 68.3 Å². The zero-order chi connectivity index (χ0) is 14.5. The Morgan fingerprint density at radius 1 is 1.40 bits per heavy atom. The van der Waals surface area contributed by atoms with Crippen molar-refractivity contribution in [3.05, 3.63) is 53.7 Å². The van der Waals surface area contributed by atoms with Gasteiger partial charge in [-0.3, -0.25) is 4.79 Å². The number of nitrogen functional groups attached to an aromatic ring is 1. The Morgan fingerprint density at radius 2 is 2.20 bits per heavy atom. The van der Waals surface area contributed by atoms with E-state index in [9.17, 15) is 9.18 Å². The number of nitrogens with two attached hydrogens (primary N) is 1. The van der Waals surface area contributed by atoms with Gasteiger partial charge in [0.05, 0.1) is 17.5 Å². The number of carbonyl (C=O) groups excluding carboxylic acids is 1. The molecule has 3 N–H and O–H groups in total. The molecule has 0 saturated carbocycles. The number of rotatable bonds is 5. The molecule has 20 heavy (non-hydrogen) atoms. The number of nitrogens with one attached hydrogen (secondary N) is 1.